The summed E-state index contributed by atoms with van der Waals surface area (Å²) in [7, 11) is 0. The van der Waals surface area contributed by atoms with Gasteiger partial charge in [-0.3, -0.25) is 0 Å². The van der Waals surface area contributed by atoms with E-state index >= 15 is 0 Å². The molecule has 0 aromatic heterocycles. The Balaban J connectivity index is 2.64. The first kappa shape index (κ1) is 16.6. The van der Waals surface area contributed by atoms with Crippen molar-refractivity contribution in [2.75, 3.05) is 0 Å². The maximum Gasteiger partial charge on any atom is 0.407 e. The van der Waals surface area contributed by atoms with Crippen LogP contribution in [0.4, 0.5) is 4.79 Å². The molecule has 1 aromatic rings. The highest BCUT2D eigenvalue weighted by atomic mass is 16.6. The highest BCUT2D eigenvalue weighted by Crippen LogP contribution is 2.20. The molecule has 0 radical (unpaired) electrons. The lowest BCUT2D eigenvalue weighted by Crippen LogP contribution is -2.32. The van der Waals surface area contributed by atoms with Gasteiger partial charge in [0.15, 0.2) is 0 Å². The van der Waals surface area contributed by atoms with Gasteiger partial charge < -0.3 is 20.3 Å². The minimum Gasteiger partial charge on any atom is -0.507 e. The third kappa shape index (κ3) is 6.47. The summed E-state index contributed by atoms with van der Waals surface area (Å²) in [6, 6.07) is 4.71. The normalized spacial score (nSPS) is 11.4. The van der Waals surface area contributed by atoms with Gasteiger partial charge in [-0.2, -0.15) is 0 Å². The molecule has 1 aromatic carbocycles. The van der Waals surface area contributed by atoms with Crippen molar-refractivity contribution >= 4 is 18.1 Å². The third-order valence-corrected chi connectivity index (χ3v) is 2.34. The fraction of sp³-hybridized carbons (Fsp3) is 0.333. The molecule has 0 atom stereocenters. The average Bonchev–Trinajstić information content (AvgIpc) is 2.33. The first-order chi connectivity index (χ1) is 9.67. The fourth-order valence-corrected chi connectivity index (χ4v) is 1.49. The van der Waals surface area contributed by atoms with E-state index in [2.05, 4.69) is 5.32 Å². The van der Waals surface area contributed by atoms with Crippen LogP contribution in [0, 0.1) is 0 Å². The van der Waals surface area contributed by atoms with E-state index in [0.29, 0.717) is 11.1 Å². The third-order valence-electron chi connectivity index (χ3n) is 2.34. The number of carbonyl (C=O) groups excluding carboxylic acids is 1. The highest BCUT2D eigenvalue weighted by Gasteiger charge is 2.15. The number of amides is 1. The van der Waals surface area contributed by atoms with Crippen molar-refractivity contribution in [3.8, 4) is 5.75 Å². The van der Waals surface area contributed by atoms with Crippen molar-refractivity contribution in [2.45, 2.75) is 32.9 Å². The molecule has 0 bridgehead atoms. The zero-order chi connectivity index (χ0) is 16.0. The quantitative estimate of drug-likeness (QED) is 0.741. The van der Waals surface area contributed by atoms with Crippen LogP contribution in [-0.2, 0) is 16.1 Å². The molecule has 0 heterocycles. The molecule has 0 spiro atoms. The van der Waals surface area contributed by atoms with E-state index in [4.69, 9.17) is 9.84 Å². The molecule has 0 unspecified atom stereocenters. The molecule has 6 nitrogen and oxygen atoms in total. The molecule has 1 rings (SSSR count). The van der Waals surface area contributed by atoms with Gasteiger partial charge in [0.25, 0.3) is 0 Å². The van der Waals surface area contributed by atoms with Crippen molar-refractivity contribution in [1.82, 2.24) is 5.32 Å². The molecule has 0 aliphatic rings. The average molecular weight is 293 g/mol. The number of phenolic OH excluding ortho intramolecular Hbond substituents is 1. The minimum atomic E-state index is -1.09. The number of phenols is 1. The van der Waals surface area contributed by atoms with Crippen LogP contribution in [-0.4, -0.2) is 27.9 Å². The maximum absolute atomic E-state index is 11.5. The Bertz CT molecular complexity index is 558. The van der Waals surface area contributed by atoms with Gasteiger partial charge in [0.2, 0.25) is 0 Å². The van der Waals surface area contributed by atoms with Crippen LogP contribution in [0.5, 0.6) is 5.75 Å². The number of rotatable bonds is 4. The van der Waals surface area contributed by atoms with Crippen molar-refractivity contribution in [3.05, 3.63) is 35.4 Å². The Morgan fingerprint density at radius 2 is 2.00 bits per heavy atom. The second-order valence-electron chi connectivity index (χ2n) is 5.42. The molecule has 3 N–H and O–H groups in total. The Morgan fingerprint density at radius 1 is 1.33 bits per heavy atom. The van der Waals surface area contributed by atoms with Gasteiger partial charge in [0.1, 0.15) is 11.4 Å². The van der Waals surface area contributed by atoms with E-state index in [-0.39, 0.29) is 12.3 Å². The minimum absolute atomic E-state index is 0.0593. The van der Waals surface area contributed by atoms with E-state index in [1.165, 1.54) is 12.1 Å². The summed E-state index contributed by atoms with van der Waals surface area (Å²) in [5.41, 5.74) is 0.488. The number of hydrogen-bond donors (Lipinski definition) is 3. The molecular weight excluding hydrogens is 274 g/mol. The smallest absolute Gasteiger partial charge is 0.407 e. The lowest BCUT2D eigenvalue weighted by atomic mass is 10.1. The highest BCUT2D eigenvalue weighted by molar-refractivity contribution is 5.85. The van der Waals surface area contributed by atoms with Crippen LogP contribution in [0.2, 0.25) is 0 Å². The second-order valence-corrected chi connectivity index (χ2v) is 5.42. The van der Waals surface area contributed by atoms with Crippen LogP contribution in [0.1, 0.15) is 31.9 Å². The number of aliphatic carboxylic acids is 1. The first-order valence-electron chi connectivity index (χ1n) is 6.37. The molecule has 0 saturated carbocycles. The number of alkyl carbamates (subject to hydrolysis) is 1. The molecular formula is C15H19NO5. The van der Waals surface area contributed by atoms with Crippen LogP contribution in [0.15, 0.2) is 24.3 Å². The summed E-state index contributed by atoms with van der Waals surface area (Å²) in [4.78, 5) is 21.9. The Labute approximate surface area is 123 Å². The fourth-order valence-electron chi connectivity index (χ4n) is 1.49. The predicted octanol–water partition coefficient (Wildman–Crippen LogP) is 2.51. The molecule has 21 heavy (non-hydrogen) atoms. The largest absolute Gasteiger partial charge is 0.507 e. The Morgan fingerprint density at radius 3 is 2.52 bits per heavy atom. The lowest BCUT2D eigenvalue weighted by molar-refractivity contribution is -0.131. The Kier molecular flexibility index (Phi) is 5.35. The number of carbonyl (C=O) groups is 2. The van der Waals surface area contributed by atoms with Gasteiger partial charge in [-0.1, -0.05) is 12.1 Å². The number of hydrogen-bond acceptors (Lipinski definition) is 4. The summed E-state index contributed by atoms with van der Waals surface area (Å²) in [6.07, 6.45) is 1.69. The number of ether oxygens (including phenoxy) is 1. The summed E-state index contributed by atoms with van der Waals surface area (Å²) in [5, 5.41) is 20.9. The van der Waals surface area contributed by atoms with E-state index in [0.717, 1.165) is 6.08 Å². The number of carboxylic acids is 1. The van der Waals surface area contributed by atoms with Crippen molar-refractivity contribution in [2.24, 2.45) is 0 Å². The zero-order valence-corrected chi connectivity index (χ0v) is 12.2. The maximum atomic E-state index is 11.5. The first-order valence-corrected chi connectivity index (χ1v) is 6.37. The molecule has 1 amide bonds. The van der Waals surface area contributed by atoms with Crippen LogP contribution < -0.4 is 5.32 Å². The SMILES string of the molecule is CC(C)(C)OC(=O)NCc1ccc(/C=C/C(=O)O)c(O)c1. The van der Waals surface area contributed by atoms with E-state index in [1.54, 1.807) is 32.9 Å². The van der Waals surface area contributed by atoms with Gasteiger partial charge in [0, 0.05) is 18.2 Å². The zero-order valence-electron chi connectivity index (χ0n) is 12.2. The van der Waals surface area contributed by atoms with Crippen LogP contribution in [0.3, 0.4) is 0 Å². The van der Waals surface area contributed by atoms with Crippen LogP contribution in [0.25, 0.3) is 6.08 Å². The molecule has 0 saturated heterocycles. The van der Waals surface area contributed by atoms with E-state index in [1.807, 2.05) is 0 Å². The van der Waals surface area contributed by atoms with E-state index < -0.39 is 17.7 Å². The standard InChI is InChI=1S/C15H19NO5/c1-15(2,3)21-14(20)16-9-10-4-5-11(12(17)8-10)6-7-13(18)19/h4-8,17H,9H2,1-3H3,(H,16,20)(H,18,19)/b7-6+. The number of aromatic hydroxyl groups is 1. The number of benzene rings is 1. The summed E-state index contributed by atoms with van der Waals surface area (Å²) in [6.45, 7) is 5.50. The lowest BCUT2D eigenvalue weighted by Gasteiger charge is -2.19. The van der Waals surface area contributed by atoms with Gasteiger partial charge >= 0.3 is 12.1 Å². The monoisotopic (exact) mass is 293 g/mol. The molecule has 0 aliphatic carbocycles. The van der Waals surface area contributed by atoms with Crippen molar-refractivity contribution in [1.29, 1.82) is 0 Å². The van der Waals surface area contributed by atoms with Crippen LogP contribution >= 0.6 is 0 Å². The topological polar surface area (TPSA) is 95.9 Å². The predicted molar refractivity (Wildman–Crippen MR) is 77.9 cm³/mol. The van der Waals surface area contributed by atoms with Crippen molar-refractivity contribution in [3.63, 3.8) is 0 Å². The number of nitrogens with one attached hydrogen (secondary N) is 1. The molecule has 0 fully saturated rings. The van der Waals surface area contributed by atoms with Gasteiger partial charge in [-0.15, -0.1) is 0 Å². The molecule has 6 heteroatoms. The second kappa shape index (κ2) is 6.78. The van der Waals surface area contributed by atoms with Gasteiger partial charge in [-0.05, 0) is 38.5 Å². The summed E-state index contributed by atoms with van der Waals surface area (Å²) in [5.74, 6) is -1.15. The Hall–Kier alpha value is -2.50. The molecule has 114 valence electrons. The summed E-state index contributed by atoms with van der Waals surface area (Å²) < 4.78 is 5.09. The van der Waals surface area contributed by atoms with Gasteiger partial charge in [0.05, 0.1) is 0 Å². The molecule has 0 aliphatic heterocycles. The number of carboxylic acid groups (broad SMARTS) is 1. The van der Waals surface area contributed by atoms with Gasteiger partial charge in [-0.25, -0.2) is 9.59 Å². The summed E-state index contributed by atoms with van der Waals surface area (Å²) >= 11 is 0. The van der Waals surface area contributed by atoms with Crippen molar-refractivity contribution < 1.29 is 24.5 Å². The van der Waals surface area contributed by atoms with E-state index in [9.17, 15) is 14.7 Å².